The first-order valence-corrected chi connectivity index (χ1v) is 5.39. The Kier molecular flexibility index (Phi) is 3.15. The van der Waals surface area contributed by atoms with Crippen LogP contribution in [0, 0.1) is 0 Å². The van der Waals surface area contributed by atoms with Crippen molar-refractivity contribution in [2.24, 2.45) is 0 Å². The largest absolute Gasteiger partial charge is 0.380 e. The summed E-state index contributed by atoms with van der Waals surface area (Å²) < 4.78 is 0. The highest BCUT2D eigenvalue weighted by Crippen LogP contribution is 2.20. The fourth-order valence-corrected chi connectivity index (χ4v) is 1.70. The molecule has 0 radical (unpaired) electrons. The molecule has 0 bridgehead atoms. The minimum atomic E-state index is 0.352. The van der Waals surface area contributed by atoms with Crippen molar-refractivity contribution in [3.8, 4) is 0 Å². The molecule has 0 saturated carbocycles. The second kappa shape index (κ2) is 4.75. The number of hydrogen-bond donors (Lipinski definition) is 1. The Morgan fingerprint density at radius 1 is 1.44 bits per heavy atom. The van der Waals surface area contributed by atoms with Crippen LogP contribution in [0.15, 0.2) is 43.1 Å². The van der Waals surface area contributed by atoms with Crippen LogP contribution in [0.4, 0.5) is 5.69 Å². The Bertz CT molecular complexity index is 488. The number of aromatic nitrogens is 2. The Morgan fingerprint density at radius 3 is 3.06 bits per heavy atom. The summed E-state index contributed by atoms with van der Waals surface area (Å²) >= 11 is 0. The number of rotatable bonds is 4. The van der Waals surface area contributed by atoms with Crippen LogP contribution in [0.5, 0.6) is 0 Å². The van der Waals surface area contributed by atoms with Gasteiger partial charge in [-0.25, -0.2) is 0 Å². The molecule has 1 aromatic heterocycles. The molecule has 2 rings (SSSR count). The van der Waals surface area contributed by atoms with E-state index >= 15 is 0 Å². The summed E-state index contributed by atoms with van der Waals surface area (Å²) in [7, 11) is 0. The van der Waals surface area contributed by atoms with Crippen LogP contribution in [-0.4, -0.2) is 16.2 Å². The van der Waals surface area contributed by atoms with E-state index in [2.05, 4.69) is 29.0 Å². The summed E-state index contributed by atoms with van der Waals surface area (Å²) in [6.07, 6.45) is 4.60. The molecule has 82 valence electrons. The van der Waals surface area contributed by atoms with Crippen LogP contribution < -0.4 is 5.32 Å². The van der Waals surface area contributed by atoms with Crippen molar-refractivity contribution in [3.63, 3.8) is 0 Å². The Balaban J connectivity index is 2.33. The van der Waals surface area contributed by atoms with Crippen molar-refractivity contribution in [1.82, 2.24) is 10.2 Å². The van der Waals surface area contributed by atoms with Crippen molar-refractivity contribution in [2.45, 2.75) is 19.4 Å². The van der Waals surface area contributed by atoms with Crippen LogP contribution in [-0.2, 0) is 0 Å². The van der Waals surface area contributed by atoms with Gasteiger partial charge in [0.1, 0.15) is 0 Å². The van der Waals surface area contributed by atoms with Gasteiger partial charge in [-0.1, -0.05) is 24.3 Å². The fraction of sp³-hybridized carbons (Fsp3) is 0.231. The lowest BCUT2D eigenvalue weighted by Gasteiger charge is -2.14. The van der Waals surface area contributed by atoms with E-state index in [9.17, 15) is 0 Å². The van der Waals surface area contributed by atoms with Gasteiger partial charge >= 0.3 is 0 Å². The summed E-state index contributed by atoms with van der Waals surface area (Å²) in [5.74, 6) is 0. The first kappa shape index (κ1) is 10.6. The van der Waals surface area contributed by atoms with E-state index in [0.717, 1.165) is 23.0 Å². The number of fused-ring (bicyclic) bond motifs is 1. The van der Waals surface area contributed by atoms with Crippen molar-refractivity contribution in [1.29, 1.82) is 0 Å². The summed E-state index contributed by atoms with van der Waals surface area (Å²) in [5, 5.41) is 12.6. The highest BCUT2D eigenvalue weighted by molar-refractivity contribution is 5.90. The van der Waals surface area contributed by atoms with Gasteiger partial charge in [0.05, 0.1) is 17.4 Å². The highest BCUT2D eigenvalue weighted by Gasteiger charge is 2.04. The molecule has 1 N–H and O–H groups in total. The molecule has 2 aromatic rings. The molecule has 0 saturated heterocycles. The molecule has 1 aromatic carbocycles. The number of hydrogen-bond acceptors (Lipinski definition) is 3. The zero-order chi connectivity index (χ0) is 11.4. The molecule has 3 nitrogen and oxygen atoms in total. The predicted octanol–water partition coefficient (Wildman–Crippen LogP) is 3.01. The van der Waals surface area contributed by atoms with E-state index in [-0.39, 0.29) is 0 Å². The number of nitrogens with one attached hydrogen (secondary N) is 1. The maximum atomic E-state index is 4.08. The lowest BCUT2D eigenvalue weighted by atomic mass is 10.2. The molecule has 0 aliphatic rings. The molecule has 1 atom stereocenters. The molecule has 0 aliphatic carbocycles. The normalized spacial score (nSPS) is 12.3. The van der Waals surface area contributed by atoms with Gasteiger partial charge in [-0.2, -0.15) is 10.2 Å². The van der Waals surface area contributed by atoms with Gasteiger partial charge in [-0.15, -0.1) is 6.58 Å². The van der Waals surface area contributed by atoms with Crippen molar-refractivity contribution >= 4 is 16.6 Å². The molecule has 0 aliphatic heterocycles. The van der Waals surface area contributed by atoms with Crippen LogP contribution in [0.25, 0.3) is 10.9 Å². The molecular weight excluding hydrogens is 198 g/mol. The summed E-state index contributed by atoms with van der Waals surface area (Å²) in [5.41, 5.74) is 1.94. The molecule has 0 amide bonds. The van der Waals surface area contributed by atoms with E-state index < -0.39 is 0 Å². The van der Waals surface area contributed by atoms with Gasteiger partial charge in [0.2, 0.25) is 0 Å². The SMILES string of the molecule is C=CCC(C)Nc1cnnc2ccccc12. The molecule has 0 spiro atoms. The monoisotopic (exact) mass is 213 g/mol. The quantitative estimate of drug-likeness (QED) is 0.793. The van der Waals surface area contributed by atoms with Gasteiger partial charge in [0.15, 0.2) is 0 Å². The zero-order valence-corrected chi connectivity index (χ0v) is 9.35. The third-order valence-electron chi connectivity index (χ3n) is 2.47. The van der Waals surface area contributed by atoms with Crippen LogP contribution in [0.3, 0.4) is 0 Å². The van der Waals surface area contributed by atoms with Crippen molar-refractivity contribution < 1.29 is 0 Å². The molecule has 3 heteroatoms. The fourth-order valence-electron chi connectivity index (χ4n) is 1.70. The molecule has 1 heterocycles. The van der Waals surface area contributed by atoms with E-state index in [1.807, 2.05) is 30.3 Å². The minimum Gasteiger partial charge on any atom is -0.380 e. The first-order chi connectivity index (χ1) is 7.81. The van der Waals surface area contributed by atoms with Crippen LogP contribution in [0.2, 0.25) is 0 Å². The maximum absolute atomic E-state index is 4.08. The van der Waals surface area contributed by atoms with E-state index in [0.29, 0.717) is 6.04 Å². The summed E-state index contributed by atoms with van der Waals surface area (Å²) in [6, 6.07) is 8.34. The Labute approximate surface area is 95.2 Å². The topological polar surface area (TPSA) is 37.8 Å². The predicted molar refractivity (Wildman–Crippen MR) is 67.4 cm³/mol. The number of nitrogens with zero attached hydrogens (tertiary/aromatic N) is 2. The summed E-state index contributed by atoms with van der Waals surface area (Å²) in [4.78, 5) is 0. The number of benzene rings is 1. The molecule has 1 unspecified atom stereocenters. The average Bonchev–Trinajstić information content (AvgIpc) is 2.30. The van der Waals surface area contributed by atoms with Gasteiger partial charge in [-0.05, 0) is 19.4 Å². The standard InChI is InChI=1S/C13H15N3/c1-3-6-10(2)15-13-9-14-16-12-8-5-4-7-11(12)13/h3-5,7-10H,1,6H2,2H3,(H,15,16). The zero-order valence-electron chi connectivity index (χ0n) is 9.35. The van der Waals surface area contributed by atoms with E-state index in [4.69, 9.17) is 0 Å². The molecule has 16 heavy (non-hydrogen) atoms. The van der Waals surface area contributed by atoms with Gasteiger partial charge in [0.25, 0.3) is 0 Å². The molecule has 0 fully saturated rings. The van der Waals surface area contributed by atoms with E-state index in [1.54, 1.807) is 6.20 Å². The van der Waals surface area contributed by atoms with Crippen LogP contribution >= 0.6 is 0 Å². The maximum Gasteiger partial charge on any atom is 0.0950 e. The van der Waals surface area contributed by atoms with Crippen LogP contribution in [0.1, 0.15) is 13.3 Å². The van der Waals surface area contributed by atoms with Crippen molar-refractivity contribution in [3.05, 3.63) is 43.1 Å². The first-order valence-electron chi connectivity index (χ1n) is 5.39. The Hall–Kier alpha value is -1.90. The third-order valence-corrected chi connectivity index (χ3v) is 2.47. The third kappa shape index (κ3) is 2.19. The van der Waals surface area contributed by atoms with Gasteiger partial charge in [-0.3, -0.25) is 0 Å². The second-order valence-electron chi connectivity index (χ2n) is 3.85. The van der Waals surface area contributed by atoms with E-state index in [1.165, 1.54) is 0 Å². The molecular formula is C13H15N3. The lowest BCUT2D eigenvalue weighted by Crippen LogP contribution is -2.14. The number of anilines is 1. The highest BCUT2D eigenvalue weighted by atomic mass is 15.1. The smallest absolute Gasteiger partial charge is 0.0950 e. The average molecular weight is 213 g/mol. The van der Waals surface area contributed by atoms with Gasteiger partial charge in [0, 0.05) is 11.4 Å². The van der Waals surface area contributed by atoms with Crippen molar-refractivity contribution in [2.75, 3.05) is 5.32 Å². The summed E-state index contributed by atoms with van der Waals surface area (Å²) in [6.45, 7) is 5.86. The Morgan fingerprint density at radius 2 is 2.25 bits per heavy atom. The second-order valence-corrected chi connectivity index (χ2v) is 3.85. The minimum absolute atomic E-state index is 0.352. The van der Waals surface area contributed by atoms with Gasteiger partial charge < -0.3 is 5.32 Å². The lowest BCUT2D eigenvalue weighted by molar-refractivity contribution is 0.813.